The Hall–Kier alpha value is -1.55. The number of carbonyl (C=O) groups is 2. The lowest BCUT2D eigenvalue weighted by molar-refractivity contribution is -0.138. The highest BCUT2D eigenvalue weighted by Crippen LogP contribution is 2.48. The zero-order valence-electron chi connectivity index (χ0n) is 12.3. The normalized spacial score (nSPS) is 16.3. The summed E-state index contributed by atoms with van der Waals surface area (Å²) in [5.74, 6) is -0.878. The van der Waals surface area contributed by atoms with Crippen LogP contribution in [0.3, 0.4) is 0 Å². The fourth-order valence-electron chi connectivity index (χ4n) is 2.45. The fraction of sp³-hybridized carbons (Fsp3) is 0.500. The smallest absolute Gasteiger partial charge is 0.303 e. The average molecular weight is 310 g/mol. The van der Waals surface area contributed by atoms with Gasteiger partial charge in [-0.15, -0.1) is 0 Å². The van der Waals surface area contributed by atoms with Crippen LogP contribution in [-0.2, 0) is 15.0 Å². The SMILES string of the molecule is CC(C)(CCC(=O)O)NC(=O)C1(c2ccc(Cl)cc2)CC1. The molecule has 0 radical (unpaired) electrons. The third kappa shape index (κ3) is 3.76. The number of carboxylic acids is 1. The lowest BCUT2D eigenvalue weighted by atomic mass is 9.92. The predicted molar refractivity (Wildman–Crippen MR) is 81.5 cm³/mol. The number of halogens is 1. The topological polar surface area (TPSA) is 66.4 Å². The minimum atomic E-state index is -0.851. The molecule has 0 aromatic heterocycles. The van der Waals surface area contributed by atoms with Crippen LogP contribution in [0.15, 0.2) is 24.3 Å². The number of rotatable bonds is 6. The highest BCUT2D eigenvalue weighted by molar-refractivity contribution is 6.30. The van der Waals surface area contributed by atoms with Gasteiger partial charge < -0.3 is 10.4 Å². The van der Waals surface area contributed by atoms with Gasteiger partial charge in [-0.2, -0.15) is 0 Å². The van der Waals surface area contributed by atoms with Gasteiger partial charge in [0, 0.05) is 17.0 Å². The van der Waals surface area contributed by atoms with Crippen LogP contribution in [0.1, 0.15) is 45.1 Å². The molecule has 0 spiro atoms. The van der Waals surface area contributed by atoms with Crippen LogP contribution >= 0.6 is 11.6 Å². The molecule has 1 amide bonds. The number of hydrogen-bond acceptors (Lipinski definition) is 2. The van der Waals surface area contributed by atoms with Crippen LogP contribution in [0.25, 0.3) is 0 Å². The van der Waals surface area contributed by atoms with Crippen molar-refractivity contribution in [1.29, 1.82) is 0 Å². The Bertz CT molecular complexity index is 547. The summed E-state index contributed by atoms with van der Waals surface area (Å²) in [5.41, 5.74) is -0.0267. The molecule has 5 heteroatoms. The van der Waals surface area contributed by atoms with E-state index in [2.05, 4.69) is 5.32 Å². The van der Waals surface area contributed by atoms with Crippen LogP contribution in [-0.4, -0.2) is 22.5 Å². The van der Waals surface area contributed by atoms with Crippen molar-refractivity contribution in [2.24, 2.45) is 0 Å². The fourth-order valence-corrected chi connectivity index (χ4v) is 2.58. The standard InChI is InChI=1S/C16H20ClNO3/c1-15(2,8-7-13(19)20)18-14(21)16(9-10-16)11-3-5-12(17)6-4-11/h3-6H,7-10H2,1-2H3,(H,18,21)(H,19,20). The van der Waals surface area contributed by atoms with E-state index < -0.39 is 16.9 Å². The van der Waals surface area contributed by atoms with Gasteiger partial charge in [-0.05, 0) is 50.8 Å². The number of amides is 1. The molecule has 1 aromatic carbocycles. The molecule has 0 heterocycles. The summed E-state index contributed by atoms with van der Waals surface area (Å²) >= 11 is 5.88. The van der Waals surface area contributed by atoms with E-state index in [9.17, 15) is 9.59 Å². The molecule has 21 heavy (non-hydrogen) atoms. The summed E-state index contributed by atoms with van der Waals surface area (Å²) < 4.78 is 0. The molecule has 4 nitrogen and oxygen atoms in total. The molecule has 2 rings (SSSR count). The van der Waals surface area contributed by atoms with Crippen molar-refractivity contribution in [3.05, 3.63) is 34.9 Å². The summed E-state index contributed by atoms with van der Waals surface area (Å²) in [5, 5.41) is 12.4. The third-order valence-electron chi connectivity index (χ3n) is 4.00. The van der Waals surface area contributed by atoms with Crippen LogP contribution in [0.5, 0.6) is 0 Å². The number of aliphatic carboxylic acids is 1. The van der Waals surface area contributed by atoms with E-state index in [1.807, 2.05) is 26.0 Å². The highest BCUT2D eigenvalue weighted by Gasteiger charge is 2.52. The van der Waals surface area contributed by atoms with Gasteiger partial charge in [0.25, 0.3) is 0 Å². The van der Waals surface area contributed by atoms with Crippen molar-refractivity contribution in [2.45, 2.75) is 50.5 Å². The number of nitrogens with one attached hydrogen (secondary N) is 1. The van der Waals surface area contributed by atoms with Gasteiger partial charge in [0.15, 0.2) is 0 Å². The Morgan fingerprint density at radius 1 is 1.29 bits per heavy atom. The van der Waals surface area contributed by atoms with E-state index >= 15 is 0 Å². The van der Waals surface area contributed by atoms with Crippen molar-refractivity contribution in [2.75, 3.05) is 0 Å². The molecule has 114 valence electrons. The summed E-state index contributed by atoms with van der Waals surface area (Å²) in [6.07, 6.45) is 2.08. The van der Waals surface area contributed by atoms with Crippen molar-refractivity contribution in [3.63, 3.8) is 0 Å². The average Bonchev–Trinajstić information content (AvgIpc) is 3.18. The van der Waals surface area contributed by atoms with Crippen LogP contribution in [0.4, 0.5) is 0 Å². The first-order chi connectivity index (χ1) is 9.75. The maximum absolute atomic E-state index is 12.6. The van der Waals surface area contributed by atoms with Gasteiger partial charge >= 0.3 is 5.97 Å². The minimum Gasteiger partial charge on any atom is -0.481 e. The molecule has 0 atom stereocenters. The lowest BCUT2D eigenvalue weighted by Crippen LogP contribution is -2.48. The van der Waals surface area contributed by atoms with Gasteiger partial charge in [-0.3, -0.25) is 9.59 Å². The van der Waals surface area contributed by atoms with E-state index in [0.29, 0.717) is 11.4 Å². The summed E-state index contributed by atoms with van der Waals surface area (Å²) in [4.78, 5) is 23.3. The highest BCUT2D eigenvalue weighted by atomic mass is 35.5. The van der Waals surface area contributed by atoms with Crippen molar-refractivity contribution >= 4 is 23.5 Å². The summed E-state index contributed by atoms with van der Waals surface area (Å²) in [6, 6.07) is 7.36. The van der Waals surface area contributed by atoms with Gasteiger partial charge in [0.1, 0.15) is 0 Å². The largest absolute Gasteiger partial charge is 0.481 e. The van der Waals surface area contributed by atoms with E-state index in [0.717, 1.165) is 18.4 Å². The zero-order valence-corrected chi connectivity index (χ0v) is 13.0. The Morgan fingerprint density at radius 2 is 1.86 bits per heavy atom. The monoisotopic (exact) mass is 309 g/mol. The molecule has 0 unspecified atom stereocenters. The Morgan fingerprint density at radius 3 is 2.33 bits per heavy atom. The van der Waals surface area contributed by atoms with Gasteiger partial charge in [-0.25, -0.2) is 0 Å². The Kier molecular flexibility index (Phi) is 4.28. The zero-order chi connectivity index (χ0) is 15.7. The first-order valence-corrected chi connectivity index (χ1v) is 7.43. The molecule has 1 fully saturated rings. The van der Waals surface area contributed by atoms with E-state index in [4.69, 9.17) is 16.7 Å². The second kappa shape index (κ2) is 5.68. The van der Waals surface area contributed by atoms with Gasteiger partial charge in [0.05, 0.1) is 5.41 Å². The predicted octanol–water partition coefficient (Wildman–Crippen LogP) is 3.13. The van der Waals surface area contributed by atoms with Crippen molar-refractivity contribution in [1.82, 2.24) is 5.32 Å². The van der Waals surface area contributed by atoms with E-state index in [1.54, 1.807) is 12.1 Å². The number of carbonyl (C=O) groups excluding carboxylic acids is 1. The van der Waals surface area contributed by atoms with Crippen molar-refractivity contribution < 1.29 is 14.7 Å². The number of carboxylic acid groups (broad SMARTS) is 1. The molecular weight excluding hydrogens is 290 g/mol. The van der Waals surface area contributed by atoms with Crippen LogP contribution in [0.2, 0.25) is 5.02 Å². The van der Waals surface area contributed by atoms with Gasteiger partial charge in [-0.1, -0.05) is 23.7 Å². The first-order valence-electron chi connectivity index (χ1n) is 7.06. The third-order valence-corrected chi connectivity index (χ3v) is 4.25. The summed E-state index contributed by atoms with van der Waals surface area (Å²) in [7, 11) is 0. The Labute approximate surface area is 129 Å². The number of hydrogen-bond donors (Lipinski definition) is 2. The van der Waals surface area contributed by atoms with E-state index in [1.165, 1.54) is 0 Å². The van der Waals surface area contributed by atoms with Crippen molar-refractivity contribution in [3.8, 4) is 0 Å². The molecule has 1 aromatic rings. The number of benzene rings is 1. The quantitative estimate of drug-likeness (QED) is 0.848. The van der Waals surface area contributed by atoms with E-state index in [-0.39, 0.29) is 12.3 Å². The second-order valence-corrected chi connectivity index (χ2v) is 6.76. The molecule has 1 aliphatic rings. The van der Waals surface area contributed by atoms with Crippen LogP contribution < -0.4 is 5.32 Å². The molecule has 0 bridgehead atoms. The second-order valence-electron chi connectivity index (χ2n) is 6.32. The molecule has 1 saturated carbocycles. The van der Waals surface area contributed by atoms with Gasteiger partial charge in [0.2, 0.25) is 5.91 Å². The van der Waals surface area contributed by atoms with Crippen LogP contribution in [0, 0.1) is 0 Å². The molecule has 0 aliphatic heterocycles. The minimum absolute atomic E-state index is 0.0276. The summed E-state index contributed by atoms with van der Waals surface area (Å²) in [6.45, 7) is 3.71. The molecule has 0 saturated heterocycles. The molecule has 2 N–H and O–H groups in total. The maximum Gasteiger partial charge on any atom is 0.303 e. The first kappa shape index (κ1) is 15.8. The molecular formula is C16H20ClNO3. The maximum atomic E-state index is 12.6. The Balaban J connectivity index is 2.06. The molecule has 1 aliphatic carbocycles. The lowest BCUT2D eigenvalue weighted by Gasteiger charge is -2.28.